The molecule has 4 rings (SSSR count). The number of halogens is 2. The maximum absolute atomic E-state index is 13.4. The molecule has 0 heterocycles. The van der Waals surface area contributed by atoms with Gasteiger partial charge in [-0.15, -0.1) is 12.4 Å². The van der Waals surface area contributed by atoms with Gasteiger partial charge in [0.15, 0.2) is 0 Å². The third-order valence-corrected chi connectivity index (χ3v) is 6.78. The van der Waals surface area contributed by atoms with Crippen LogP contribution in [-0.2, 0) is 6.42 Å². The SMILES string of the molecule is C[C@H](Cc1ccc(-c2ccc(C(=O)O)c(OC3CCCCC3)c2)cc1)NC[C@H](O)c1cccc(F)c1.Cl. The van der Waals surface area contributed by atoms with Gasteiger partial charge in [-0.25, -0.2) is 9.18 Å². The van der Waals surface area contributed by atoms with E-state index in [4.69, 9.17) is 4.74 Å². The molecular formula is C30H35ClFNO4. The molecule has 0 spiro atoms. The first-order chi connectivity index (χ1) is 17.4. The van der Waals surface area contributed by atoms with Gasteiger partial charge in [-0.05, 0) is 85.5 Å². The molecule has 2 atom stereocenters. The second-order valence-corrected chi connectivity index (χ2v) is 9.68. The number of aliphatic hydroxyl groups is 1. The molecule has 1 fully saturated rings. The smallest absolute Gasteiger partial charge is 0.339 e. The molecule has 0 bridgehead atoms. The van der Waals surface area contributed by atoms with E-state index in [1.165, 1.54) is 18.6 Å². The summed E-state index contributed by atoms with van der Waals surface area (Å²) < 4.78 is 19.5. The van der Waals surface area contributed by atoms with Gasteiger partial charge in [0.25, 0.3) is 0 Å². The Kier molecular flexibility index (Phi) is 10.5. The maximum Gasteiger partial charge on any atom is 0.339 e. The Labute approximate surface area is 224 Å². The average Bonchev–Trinajstić information content (AvgIpc) is 2.88. The van der Waals surface area contributed by atoms with Crippen molar-refractivity contribution in [3.63, 3.8) is 0 Å². The van der Waals surface area contributed by atoms with Crippen molar-refractivity contribution in [1.82, 2.24) is 5.32 Å². The lowest BCUT2D eigenvalue weighted by Crippen LogP contribution is -2.32. The Hall–Kier alpha value is -2.93. The van der Waals surface area contributed by atoms with Crippen molar-refractivity contribution in [2.45, 2.75) is 63.7 Å². The summed E-state index contributed by atoms with van der Waals surface area (Å²) in [4.78, 5) is 11.7. The van der Waals surface area contributed by atoms with Crippen LogP contribution in [0.5, 0.6) is 5.75 Å². The molecule has 0 saturated heterocycles. The van der Waals surface area contributed by atoms with E-state index in [0.717, 1.165) is 48.8 Å². The first-order valence-electron chi connectivity index (χ1n) is 12.7. The highest BCUT2D eigenvalue weighted by atomic mass is 35.5. The van der Waals surface area contributed by atoms with Crippen molar-refractivity contribution in [2.24, 2.45) is 0 Å². The van der Waals surface area contributed by atoms with Gasteiger partial charge in [0.2, 0.25) is 0 Å². The minimum absolute atomic E-state index is 0. The summed E-state index contributed by atoms with van der Waals surface area (Å²) in [5.74, 6) is -0.901. The number of carboxylic acid groups (broad SMARTS) is 1. The largest absolute Gasteiger partial charge is 0.490 e. The molecule has 3 aromatic rings. The zero-order valence-corrected chi connectivity index (χ0v) is 21.8. The Bertz CT molecular complexity index is 1160. The average molecular weight is 528 g/mol. The van der Waals surface area contributed by atoms with Gasteiger partial charge in [-0.2, -0.15) is 0 Å². The third-order valence-electron chi connectivity index (χ3n) is 6.78. The highest BCUT2D eigenvalue weighted by molar-refractivity contribution is 5.92. The van der Waals surface area contributed by atoms with Crippen molar-refractivity contribution in [2.75, 3.05) is 6.54 Å². The zero-order chi connectivity index (χ0) is 25.5. The molecule has 0 radical (unpaired) electrons. The number of nitrogens with one attached hydrogen (secondary N) is 1. The van der Waals surface area contributed by atoms with Gasteiger partial charge in [-0.1, -0.05) is 48.9 Å². The van der Waals surface area contributed by atoms with Gasteiger partial charge >= 0.3 is 5.97 Å². The lowest BCUT2D eigenvalue weighted by atomic mass is 9.97. The Morgan fingerprint density at radius 3 is 2.41 bits per heavy atom. The number of benzene rings is 3. The van der Waals surface area contributed by atoms with Gasteiger partial charge in [0, 0.05) is 12.6 Å². The number of rotatable bonds is 10. The summed E-state index contributed by atoms with van der Waals surface area (Å²) in [6.07, 6.45) is 5.43. The number of aliphatic hydroxyl groups excluding tert-OH is 1. The lowest BCUT2D eigenvalue weighted by Gasteiger charge is -2.24. The van der Waals surface area contributed by atoms with Crippen LogP contribution in [0.25, 0.3) is 11.1 Å². The first-order valence-corrected chi connectivity index (χ1v) is 12.7. The topological polar surface area (TPSA) is 78.8 Å². The highest BCUT2D eigenvalue weighted by Gasteiger charge is 2.19. The van der Waals surface area contributed by atoms with Gasteiger partial charge in [-0.3, -0.25) is 0 Å². The lowest BCUT2D eigenvalue weighted by molar-refractivity contribution is 0.0686. The number of aromatic carboxylic acids is 1. The molecular weight excluding hydrogens is 493 g/mol. The van der Waals surface area contributed by atoms with Crippen molar-refractivity contribution < 1.29 is 24.1 Å². The molecule has 3 aromatic carbocycles. The highest BCUT2D eigenvalue weighted by Crippen LogP contribution is 2.31. The molecule has 0 aliphatic heterocycles. The molecule has 0 aromatic heterocycles. The molecule has 0 amide bonds. The molecule has 0 unspecified atom stereocenters. The standard InChI is InChI=1S/C30H34FNO4.ClH/c1-20(32-19-28(33)24-6-5-7-25(31)17-24)16-21-10-12-22(13-11-21)23-14-15-27(30(34)35)29(18-23)36-26-8-3-2-4-9-26;/h5-7,10-15,17-18,20,26,28,32-33H,2-4,8-9,16,19H2,1H3,(H,34,35);1H/t20-,28+;/m1./s1. The van der Waals surface area contributed by atoms with Crippen LogP contribution in [0, 0.1) is 5.82 Å². The fourth-order valence-corrected chi connectivity index (χ4v) is 4.74. The molecule has 5 nitrogen and oxygen atoms in total. The number of hydrogen-bond donors (Lipinski definition) is 3. The monoisotopic (exact) mass is 527 g/mol. The molecule has 7 heteroatoms. The van der Waals surface area contributed by atoms with Crippen molar-refractivity contribution in [1.29, 1.82) is 0 Å². The number of ether oxygens (including phenoxy) is 1. The fourth-order valence-electron chi connectivity index (χ4n) is 4.74. The van der Waals surface area contributed by atoms with Crippen LogP contribution in [0.2, 0.25) is 0 Å². The summed E-state index contributed by atoms with van der Waals surface area (Å²) >= 11 is 0. The Morgan fingerprint density at radius 2 is 1.73 bits per heavy atom. The normalized spacial score (nSPS) is 15.4. The van der Waals surface area contributed by atoms with Crippen LogP contribution < -0.4 is 10.1 Å². The van der Waals surface area contributed by atoms with Gasteiger partial charge in [0.1, 0.15) is 17.1 Å². The number of carbonyl (C=O) groups is 1. The predicted octanol–water partition coefficient (Wildman–Crippen LogP) is 6.58. The van der Waals surface area contributed by atoms with Gasteiger partial charge < -0.3 is 20.3 Å². The summed E-state index contributed by atoms with van der Waals surface area (Å²) in [5, 5.41) is 23.3. The minimum Gasteiger partial charge on any atom is -0.490 e. The van der Waals surface area contributed by atoms with Crippen LogP contribution in [0.1, 0.15) is 66.6 Å². The number of carboxylic acids is 1. The van der Waals surface area contributed by atoms with Crippen molar-refractivity contribution in [3.05, 3.63) is 89.2 Å². The van der Waals surface area contributed by atoms with Crippen LogP contribution >= 0.6 is 12.4 Å². The molecule has 1 aliphatic rings. The van der Waals surface area contributed by atoms with E-state index >= 15 is 0 Å². The molecule has 1 saturated carbocycles. The quantitative estimate of drug-likeness (QED) is 0.277. The van der Waals surface area contributed by atoms with Gasteiger partial charge in [0.05, 0.1) is 12.2 Å². The molecule has 198 valence electrons. The Balaban J connectivity index is 0.00000380. The van der Waals surface area contributed by atoms with Crippen LogP contribution in [0.3, 0.4) is 0 Å². The molecule has 37 heavy (non-hydrogen) atoms. The maximum atomic E-state index is 13.4. The summed E-state index contributed by atoms with van der Waals surface area (Å²) in [7, 11) is 0. The van der Waals surface area contributed by atoms with Crippen molar-refractivity contribution >= 4 is 18.4 Å². The van der Waals surface area contributed by atoms with E-state index < -0.39 is 12.1 Å². The third kappa shape index (κ3) is 8.03. The summed E-state index contributed by atoms with van der Waals surface area (Å²) in [6, 6.07) is 19.6. The van der Waals surface area contributed by atoms with E-state index in [0.29, 0.717) is 17.9 Å². The fraction of sp³-hybridized carbons (Fsp3) is 0.367. The van der Waals surface area contributed by atoms with Crippen LogP contribution in [0.4, 0.5) is 4.39 Å². The van der Waals surface area contributed by atoms with Crippen LogP contribution in [-0.4, -0.2) is 34.9 Å². The van der Waals surface area contributed by atoms with Crippen molar-refractivity contribution in [3.8, 4) is 16.9 Å². The minimum atomic E-state index is -0.980. The van der Waals surface area contributed by atoms with E-state index in [1.54, 1.807) is 18.2 Å². The zero-order valence-electron chi connectivity index (χ0n) is 21.0. The van der Waals surface area contributed by atoms with E-state index in [2.05, 4.69) is 17.4 Å². The second kappa shape index (κ2) is 13.6. The van der Waals surface area contributed by atoms with Crippen LogP contribution in [0.15, 0.2) is 66.7 Å². The van der Waals surface area contributed by atoms with E-state index in [1.807, 2.05) is 31.2 Å². The molecule has 3 N–H and O–H groups in total. The summed E-state index contributed by atoms with van der Waals surface area (Å²) in [6.45, 7) is 2.38. The van der Waals surface area contributed by atoms with E-state index in [9.17, 15) is 19.4 Å². The predicted molar refractivity (Wildman–Crippen MR) is 146 cm³/mol. The summed E-state index contributed by atoms with van der Waals surface area (Å²) in [5.41, 5.74) is 3.80. The number of hydrogen-bond acceptors (Lipinski definition) is 4. The molecule has 1 aliphatic carbocycles. The second-order valence-electron chi connectivity index (χ2n) is 9.68. The van der Waals surface area contributed by atoms with E-state index in [-0.39, 0.29) is 35.9 Å². The Morgan fingerprint density at radius 1 is 1.03 bits per heavy atom. The first kappa shape index (κ1) is 28.6.